The Labute approximate surface area is 490 Å². The molecule has 0 aromatic heterocycles. The van der Waals surface area contributed by atoms with Crippen LogP contribution in [0.25, 0.3) is 0 Å². The summed E-state index contributed by atoms with van der Waals surface area (Å²) < 4.78 is 0. The van der Waals surface area contributed by atoms with Crippen LogP contribution >= 0.6 is 0 Å². The molecule has 0 saturated carbocycles. The van der Waals surface area contributed by atoms with Gasteiger partial charge in [0.05, 0.1) is 18.7 Å². The van der Waals surface area contributed by atoms with E-state index in [1.807, 2.05) is 41.5 Å². The minimum absolute atomic E-state index is 0.0335. The number of amides is 10. The zero-order chi connectivity index (χ0) is 63.7. The molecule has 1 rings (SSSR count). The molecule has 1 heterocycles. The Kier molecular flexibility index (Phi) is 30.2. The number of ketones is 1. The molecular formula is C60H106N10O12. The van der Waals surface area contributed by atoms with Crippen LogP contribution in [0.2, 0.25) is 0 Å². The van der Waals surface area contributed by atoms with E-state index in [0.29, 0.717) is 6.42 Å². The van der Waals surface area contributed by atoms with Crippen molar-refractivity contribution in [3.63, 3.8) is 0 Å². The first kappa shape index (κ1) is 74.1. The Morgan fingerprint density at radius 1 is 0.512 bits per heavy atom. The number of aliphatic hydroxyl groups excluding tert-OH is 1. The van der Waals surface area contributed by atoms with Gasteiger partial charge in [-0.15, -0.1) is 0 Å². The van der Waals surface area contributed by atoms with Crippen LogP contribution in [0.5, 0.6) is 0 Å². The molecule has 0 unspecified atom stereocenters. The van der Waals surface area contributed by atoms with E-state index < -0.39 is 156 Å². The van der Waals surface area contributed by atoms with E-state index in [1.54, 1.807) is 60.6 Å². The molecule has 82 heavy (non-hydrogen) atoms. The van der Waals surface area contributed by atoms with Crippen molar-refractivity contribution in [2.24, 2.45) is 41.4 Å². The summed E-state index contributed by atoms with van der Waals surface area (Å²) in [5.74, 6) is -9.92. The summed E-state index contributed by atoms with van der Waals surface area (Å²) in [5.41, 5.74) is 0. The molecule has 1 aliphatic rings. The number of nitrogens with zero attached hydrogens (tertiary/aromatic N) is 7. The molecule has 0 bridgehead atoms. The number of nitrogens with one attached hydrogen (secondary N) is 3. The van der Waals surface area contributed by atoms with Gasteiger partial charge in [-0.2, -0.15) is 0 Å². The highest BCUT2D eigenvalue weighted by Gasteiger charge is 2.45. The third kappa shape index (κ3) is 20.2. The molecule has 0 radical (unpaired) electrons. The fourth-order valence-electron chi connectivity index (χ4n) is 10.4. The van der Waals surface area contributed by atoms with Crippen molar-refractivity contribution in [1.82, 2.24) is 50.2 Å². The minimum atomic E-state index is -1.60. The van der Waals surface area contributed by atoms with Crippen molar-refractivity contribution in [2.75, 3.05) is 55.9 Å². The Balaban J connectivity index is 4.21. The second-order valence-corrected chi connectivity index (χ2v) is 24.9. The van der Waals surface area contributed by atoms with Gasteiger partial charge >= 0.3 is 0 Å². The van der Waals surface area contributed by atoms with E-state index in [0.717, 1.165) is 14.7 Å². The van der Waals surface area contributed by atoms with Crippen molar-refractivity contribution in [1.29, 1.82) is 0 Å². The van der Waals surface area contributed by atoms with Gasteiger partial charge in [0, 0.05) is 61.7 Å². The van der Waals surface area contributed by atoms with Crippen LogP contribution in [0.15, 0.2) is 12.2 Å². The molecule has 0 aromatic carbocycles. The second kappa shape index (κ2) is 33.4. The Bertz CT molecular complexity index is 2250. The van der Waals surface area contributed by atoms with E-state index in [4.69, 9.17) is 0 Å². The molecule has 22 heteroatoms. The lowest BCUT2D eigenvalue weighted by Gasteiger charge is -2.41. The van der Waals surface area contributed by atoms with E-state index in [1.165, 1.54) is 89.7 Å². The number of likely N-dealkylation sites (N-methyl/N-ethyl adjacent to an activating group) is 7. The molecule has 0 aromatic rings. The summed E-state index contributed by atoms with van der Waals surface area (Å²) in [6.07, 6.45) is 2.71. The molecular weight excluding hydrogens is 1050 g/mol. The first-order valence-corrected chi connectivity index (χ1v) is 29.4. The maximum absolute atomic E-state index is 15.0. The van der Waals surface area contributed by atoms with Gasteiger partial charge < -0.3 is 55.4 Å². The Hall–Kier alpha value is -5.93. The number of Topliss-reactive ketones (excluding diaryl/α,β-unsaturated/α-hetero) is 1. The zero-order valence-electron chi connectivity index (χ0n) is 54.0. The molecule has 4 N–H and O–H groups in total. The summed E-state index contributed by atoms with van der Waals surface area (Å²) >= 11 is 0. The van der Waals surface area contributed by atoms with Crippen molar-refractivity contribution in [3.8, 4) is 0 Å². The zero-order valence-corrected chi connectivity index (χ0v) is 54.0. The number of aliphatic hydroxyl groups is 1. The van der Waals surface area contributed by atoms with Gasteiger partial charge in [0.15, 0.2) is 5.78 Å². The standard InChI is InChI=1S/C60H106N10O12/c1-24-26-27-38(13)51(73)50-54(76)63-43(25-2)58(80)64(17)32-48(72)66(19)44(28-33(3)4)47(71)31-42(36(9)10)57(79)67(20)45(29-34(5)6)53(75)61-39(14)52(74)62-40(15)55(77)65(18)41(16)56(78)68(21)46(30-35(7)8)59(81)69(22)49(37(11)12)60(82)70(50)23/h24,26,33-46,49-51,73H,25,27-32H2,1-23H3,(H,61,75)(H,62,74)(H,63,76)/b26-24+/t38-,39+,40-,41+,42+,43+,44+,45+,46+,49+,50+,51-/m1/s1. The third-order valence-corrected chi connectivity index (χ3v) is 15.9. The topological polar surface area (TPSA) is 267 Å². The minimum Gasteiger partial charge on any atom is -0.390 e. The summed E-state index contributed by atoms with van der Waals surface area (Å²) in [6.45, 7) is 27.2. The first-order chi connectivity index (χ1) is 37.8. The van der Waals surface area contributed by atoms with Crippen LogP contribution in [0.4, 0.5) is 0 Å². The van der Waals surface area contributed by atoms with Crippen LogP contribution in [-0.2, 0) is 52.7 Å². The molecule has 10 amide bonds. The average Bonchev–Trinajstić information content (AvgIpc) is 3.59. The van der Waals surface area contributed by atoms with Crippen LogP contribution < -0.4 is 16.0 Å². The van der Waals surface area contributed by atoms with Gasteiger partial charge in [-0.05, 0) is 95.3 Å². The van der Waals surface area contributed by atoms with E-state index in [-0.39, 0.29) is 49.9 Å². The van der Waals surface area contributed by atoms with Crippen LogP contribution in [0, 0.1) is 41.4 Å². The molecule has 1 saturated heterocycles. The molecule has 22 nitrogen and oxygen atoms in total. The Morgan fingerprint density at radius 3 is 1.49 bits per heavy atom. The fourth-order valence-corrected chi connectivity index (χ4v) is 10.4. The molecule has 0 spiro atoms. The van der Waals surface area contributed by atoms with Crippen LogP contribution in [-0.4, -0.2) is 221 Å². The third-order valence-electron chi connectivity index (χ3n) is 15.9. The lowest BCUT2D eigenvalue weighted by molar-refractivity contribution is -0.157. The molecule has 468 valence electrons. The van der Waals surface area contributed by atoms with Gasteiger partial charge in [-0.25, -0.2) is 0 Å². The van der Waals surface area contributed by atoms with Gasteiger partial charge in [-0.1, -0.05) is 95.2 Å². The molecule has 1 fully saturated rings. The van der Waals surface area contributed by atoms with E-state index in [9.17, 15) is 53.1 Å². The van der Waals surface area contributed by atoms with Gasteiger partial charge in [0.25, 0.3) is 0 Å². The summed E-state index contributed by atoms with van der Waals surface area (Å²) in [5, 5.41) is 20.1. The predicted octanol–water partition coefficient (Wildman–Crippen LogP) is 3.33. The summed E-state index contributed by atoms with van der Waals surface area (Å²) in [6, 6.07) is -10.9. The summed E-state index contributed by atoms with van der Waals surface area (Å²) in [4.78, 5) is 167. The normalized spacial score (nSPS) is 27.5. The monoisotopic (exact) mass is 1160 g/mol. The highest BCUT2D eigenvalue weighted by atomic mass is 16.3. The number of carbonyl (C=O) groups is 11. The Morgan fingerprint density at radius 2 is 1.00 bits per heavy atom. The number of hydrogen-bond acceptors (Lipinski definition) is 12. The maximum atomic E-state index is 15.0. The highest BCUT2D eigenvalue weighted by Crippen LogP contribution is 2.27. The van der Waals surface area contributed by atoms with Gasteiger partial charge in [0.2, 0.25) is 59.1 Å². The van der Waals surface area contributed by atoms with Gasteiger partial charge in [0.1, 0.15) is 48.3 Å². The largest absolute Gasteiger partial charge is 0.390 e. The lowest BCUT2D eigenvalue weighted by Crippen LogP contribution is -2.63. The lowest BCUT2D eigenvalue weighted by atomic mass is 9.85. The fraction of sp³-hybridized carbons (Fsp3) is 0.783. The number of carbonyl (C=O) groups excluding carboxylic acids is 11. The smallest absolute Gasteiger partial charge is 0.246 e. The van der Waals surface area contributed by atoms with E-state index in [2.05, 4.69) is 16.0 Å². The number of allylic oxidation sites excluding steroid dienone is 2. The highest BCUT2D eigenvalue weighted by molar-refractivity contribution is 5.99. The van der Waals surface area contributed by atoms with Crippen molar-refractivity contribution < 1.29 is 57.8 Å². The van der Waals surface area contributed by atoms with Gasteiger partial charge in [-0.3, -0.25) is 52.7 Å². The SMILES string of the molecule is C/C=C/C[C@@H](C)[C@@H](O)[C@H]1C(=O)N[C@@H](CC)C(=O)N(C)CC(=O)N(C)[C@@H](CC(C)C)C(=O)C[C@@H](C(C)C)C(=O)N(C)[C@@H](CC(C)C)C(=O)N[C@@H](C)C(=O)N[C@H](C)C(=O)N(C)[C@@H](C)C(=O)N(C)[C@@H](CC(C)C)C(=O)N(C)[C@@H](C(C)C)C(=O)N1C. The predicted molar refractivity (Wildman–Crippen MR) is 316 cm³/mol. The van der Waals surface area contributed by atoms with Crippen molar-refractivity contribution in [2.45, 2.75) is 210 Å². The van der Waals surface area contributed by atoms with Crippen LogP contribution in [0.1, 0.15) is 149 Å². The van der Waals surface area contributed by atoms with Crippen LogP contribution in [0.3, 0.4) is 0 Å². The van der Waals surface area contributed by atoms with E-state index >= 15 is 4.79 Å². The first-order valence-electron chi connectivity index (χ1n) is 29.4. The number of rotatable bonds is 13. The molecule has 0 aliphatic carbocycles. The molecule has 1 aliphatic heterocycles. The summed E-state index contributed by atoms with van der Waals surface area (Å²) in [7, 11) is 9.89. The van der Waals surface area contributed by atoms with Crippen molar-refractivity contribution in [3.05, 3.63) is 12.2 Å². The average molecular weight is 1160 g/mol. The quantitative estimate of drug-likeness (QED) is 0.194. The van der Waals surface area contributed by atoms with Crippen molar-refractivity contribution >= 4 is 64.9 Å². The second-order valence-electron chi connectivity index (χ2n) is 24.9. The maximum Gasteiger partial charge on any atom is 0.246 e. The molecule has 12 atom stereocenters. The number of hydrogen-bond donors (Lipinski definition) is 4.